The number of benzene rings is 1. The van der Waals surface area contributed by atoms with E-state index >= 15 is 0 Å². The number of likely N-dealkylation sites (N-methyl/N-ethyl adjacent to an activating group) is 1. The van der Waals surface area contributed by atoms with Gasteiger partial charge in [-0.3, -0.25) is 14.6 Å². The van der Waals surface area contributed by atoms with Gasteiger partial charge < -0.3 is 5.32 Å². The third kappa shape index (κ3) is 3.05. The molecule has 0 unspecified atom stereocenters. The van der Waals surface area contributed by atoms with Crippen molar-refractivity contribution in [1.29, 1.82) is 0 Å². The predicted octanol–water partition coefficient (Wildman–Crippen LogP) is 2.06. The minimum atomic E-state index is -0.760. The number of nitrogens with zero attached hydrogens (tertiary/aromatic N) is 2. The summed E-state index contributed by atoms with van der Waals surface area (Å²) in [7, 11) is 2.01. The Morgan fingerprint density at radius 1 is 1.17 bits per heavy atom. The monoisotopic (exact) mass is 337 g/mol. The van der Waals surface area contributed by atoms with Crippen LogP contribution >= 0.6 is 0 Å². The maximum absolute atomic E-state index is 14.1. The van der Waals surface area contributed by atoms with Crippen LogP contribution < -0.4 is 5.32 Å². The summed E-state index contributed by atoms with van der Waals surface area (Å²) >= 11 is 0. The number of nitrogens with one attached hydrogen (secondary N) is 1. The molecule has 24 heavy (non-hydrogen) atoms. The SMILES string of the molecule is Cc1ccc(CN2CCC3(CC2)C(=O)NCCCN3C)c(F)c1F. The summed E-state index contributed by atoms with van der Waals surface area (Å²) in [6, 6.07) is 3.27. The molecule has 3 rings (SSSR count). The Kier molecular flexibility index (Phi) is 4.88. The molecule has 1 aromatic rings. The molecular formula is C18H25F2N3O. The van der Waals surface area contributed by atoms with E-state index in [1.165, 1.54) is 0 Å². The standard InChI is InChI=1S/C18H25F2N3O/c1-13-4-5-14(16(20)15(13)19)12-23-10-6-18(7-11-23)17(24)21-8-3-9-22(18)2/h4-5H,3,6-12H2,1-2H3,(H,21,24). The number of hydrogen-bond acceptors (Lipinski definition) is 3. The molecule has 2 aliphatic rings. The Morgan fingerprint density at radius 3 is 2.58 bits per heavy atom. The molecule has 2 fully saturated rings. The summed E-state index contributed by atoms with van der Waals surface area (Å²) in [6.07, 6.45) is 2.39. The summed E-state index contributed by atoms with van der Waals surface area (Å²) < 4.78 is 27.8. The lowest BCUT2D eigenvalue weighted by Crippen LogP contribution is -2.60. The molecule has 6 heteroatoms. The maximum atomic E-state index is 14.1. The van der Waals surface area contributed by atoms with Gasteiger partial charge in [-0.1, -0.05) is 12.1 Å². The Morgan fingerprint density at radius 2 is 1.88 bits per heavy atom. The van der Waals surface area contributed by atoms with Gasteiger partial charge >= 0.3 is 0 Å². The van der Waals surface area contributed by atoms with Crippen LogP contribution in [0.3, 0.4) is 0 Å². The van der Waals surface area contributed by atoms with Crippen LogP contribution in [0.2, 0.25) is 0 Å². The lowest BCUT2D eigenvalue weighted by molar-refractivity contribution is -0.134. The van der Waals surface area contributed by atoms with E-state index in [2.05, 4.69) is 15.1 Å². The summed E-state index contributed by atoms with van der Waals surface area (Å²) in [5.41, 5.74) is 0.252. The Labute approximate surface area is 141 Å². The fourth-order valence-electron chi connectivity index (χ4n) is 3.81. The molecule has 0 saturated carbocycles. The minimum absolute atomic E-state index is 0.106. The number of hydrogen-bond donors (Lipinski definition) is 1. The zero-order valence-electron chi connectivity index (χ0n) is 14.4. The van der Waals surface area contributed by atoms with Crippen LogP contribution in [0.1, 0.15) is 30.4 Å². The number of amides is 1. The second-order valence-corrected chi connectivity index (χ2v) is 7.01. The molecular weight excluding hydrogens is 312 g/mol. The fourth-order valence-corrected chi connectivity index (χ4v) is 3.81. The van der Waals surface area contributed by atoms with Crippen LogP contribution in [0.25, 0.3) is 0 Å². The first-order valence-electron chi connectivity index (χ1n) is 8.59. The second-order valence-electron chi connectivity index (χ2n) is 7.01. The number of carbonyl (C=O) groups is 1. The molecule has 0 bridgehead atoms. The largest absolute Gasteiger partial charge is 0.354 e. The lowest BCUT2D eigenvalue weighted by atomic mass is 9.85. The van der Waals surface area contributed by atoms with E-state index in [0.29, 0.717) is 43.6 Å². The summed E-state index contributed by atoms with van der Waals surface area (Å²) in [6.45, 7) is 4.97. The van der Waals surface area contributed by atoms with Crippen LogP contribution in [-0.2, 0) is 11.3 Å². The molecule has 0 atom stereocenters. The van der Waals surface area contributed by atoms with Crippen molar-refractivity contribution in [3.05, 3.63) is 34.9 Å². The highest BCUT2D eigenvalue weighted by molar-refractivity contribution is 5.86. The van der Waals surface area contributed by atoms with Crippen molar-refractivity contribution in [1.82, 2.24) is 15.1 Å². The van der Waals surface area contributed by atoms with Crippen molar-refractivity contribution in [3.63, 3.8) is 0 Å². The average molecular weight is 337 g/mol. The molecule has 2 aliphatic heterocycles. The van der Waals surface area contributed by atoms with Crippen molar-refractivity contribution >= 4 is 5.91 Å². The van der Waals surface area contributed by atoms with Gasteiger partial charge in [-0.05, 0) is 38.8 Å². The topological polar surface area (TPSA) is 35.6 Å². The fraction of sp³-hybridized carbons (Fsp3) is 0.611. The Bertz CT molecular complexity index is 627. The first-order chi connectivity index (χ1) is 11.4. The molecule has 132 valence electrons. The molecule has 1 amide bonds. The highest BCUT2D eigenvalue weighted by atomic mass is 19.2. The highest BCUT2D eigenvalue weighted by Crippen LogP contribution is 2.31. The van der Waals surface area contributed by atoms with Crippen molar-refractivity contribution in [3.8, 4) is 0 Å². The van der Waals surface area contributed by atoms with Crippen molar-refractivity contribution in [2.75, 3.05) is 33.2 Å². The number of rotatable bonds is 2. The first kappa shape index (κ1) is 17.3. The normalized spacial score (nSPS) is 22.4. The van der Waals surface area contributed by atoms with E-state index in [0.717, 1.165) is 19.5 Å². The maximum Gasteiger partial charge on any atom is 0.240 e. The third-order valence-corrected chi connectivity index (χ3v) is 5.54. The van der Waals surface area contributed by atoms with E-state index in [4.69, 9.17) is 0 Å². The molecule has 0 aromatic heterocycles. The van der Waals surface area contributed by atoms with Crippen molar-refractivity contribution < 1.29 is 13.6 Å². The number of likely N-dealkylation sites (tertiary alicyclic amines) is 1. The van der Waals surface area contributed by atoms with Gasteiger partial charge in [-0.2, -0.15) is 0 Å². The van der Waals surface area contributed by atoms with Gasteiger partial charge in [-0.15, -0.1) is 0 Å². The molecule has 0 radical (unpaired) electrons. The first-order valence-corrected chi connectivity index (χ1v) is 8.59. The van der Waals surface area contributed by atoms with Gasteiger partial charge in [0.25, 0.3) is 0 Å². The quantitative estimate of drug-likeness (QED) is 0.897. The Hall–Kier alpha value is -1.53. The third-order valence-electron chi connectivity index (χ3n) is 5.54. The molecule has 4 nitrogen and oxygen atoms in total. The van der Waals surface area contributed by atoms with Crippen LogP contribution in [0.5, 0.6) is 0 Å². The molecule has 1 N–H and O–H groups in total. The van der Waals surface area contributed by atoms with E-state index in [1.54, 1.807) is 19.1 Å². The number of aryl methyl sites for hydroxylation is 1. The van der Waals surface area contributed by atoms with E-state index in [9.17, 15) is 13.6 Å². The smallest absolute Gasteiger partial charge is 0.240 e. The van der Waals surface area contributed by atoms with Gasteiger partial charge in [-0.25, -0.2) is 8.78 Å². The number of halogens is 2. The summed E-state index contributed by atoms with van der Waals surface area (Å²) in [5.74, 6) is -1.40. The molecule has 1 spiro atoms. The molecule has 1 aromatic carbocycles. The molecule has 2 saturated heterocycles. The van der Waals surface area contributed by atoms with Crippen molar-refractivity contribution in [2.45, 2.75) is 38.3 Å². The van der Waals surface area contributed by atoms with Crippen LogP contribution in [0.4, 0.5) is 8.78 Å². The zero-order valence-corrected chi connectivity index (χ0v) is 14.4. The van der Waals surface area contributed by atoms with E-state index < -0.39 is 17.2 Å². The van der Waals surface area contributed by atoms with Crippen molar-refractivity contribution in [2.24, 2.45) is 0 Å². The minimum Gasteiger partial charge on any atom is -0.354 e. The van der Waals surface area contributed by atoms with Crippen LogP contribution in [0, 0.1) is 18.6 Å². The number of piperidine rings is 1. The van der Waals surface area contributed by atoms with Gasteiger partial charge in [0, 0.05) is 38.3 Å². The lowest BCUT2D eigenvalue weighted by Gasteiger charge is -2.45. The van der Waals surface area contributed by atoms with Crippen LogP contribution in [-0.4, -0.2) is 54.5 Å². The average Bonchev–Trinajstić information content (AvgIpc) is 2.71. The second kappa shape index (κ2) is 6.76. The molecule has 0 aliphatic carbocycles. The van der Waals surface area contributed by atoms with Gasteiger partial charge in [0.2, 0.25) is 5.91 Å². The highest BCUT2D eigenvalue weighted by Gasteiger charge is 2.45. The summed E-state index contributed by atoms with van der Waals surface area (Å²) in [4.78, 5) is 16.8. The predicted molar refractivity (Wildman–Crippen MR) is 88.6 cm³/mol. The van der Waals surface area contributed by atoms with E-state index in [-0.39, 0.29) is 5.91 Å². The van der Waals surface area contributed by atoms with Gasteiger partial charge in [0.1, 0.15) is 5.54 Å². The summed E-state index contributed by atoms with van der Waals surface area (Å²) in [5, 5.41) is 3.01. The van der Waals surface area contributed by atoms with Crippen LogP contribution in [0.15, 0.2) is 12.1 Å². The zero-order chi connectivity index (χ0) is 17.3. The van der Waals surface area contributed by atoms with E-state index in [1.807, 2.05) is 7.05 Å². The number of carbonyl (C=O) groups excluding carboxylic acids is 1. The van der Waals surface area contributed by atoms with Gasteiger partial charge in [0.15, 0.2) is 11.6 Å². The Balaban J connectivity index is 1.69. The molecule has 2 heterocycles. The van der Waals surface area contributed by atoms with Gasteiger partial charge in [0.05, 0.1) is 0 Å².